The second kappa shape index (κ2) is 9.16. The molecular formula is C19H16BrClN2O2S. The summed E-state index contributed by atoms with van der Waals surface area (Å²) in [5.41, 5.74) is 1.90. The quantitative estimate of drug-likeness (QED) is 0.447. The average molecular weight is 452 g/mol. The van der Waals surface area contributed by atoms with Crippen LogP contribution < -0.4 is 10.1 Å². The molecule has 1 heterocycles. The Bertz CT molecular complexity index is 886. The van der Waals surface area contributed by atoms with Crippen molar-refractivity contribution in [3.05, 3.63) is 63.4 Å². The molecule has 1 N–H and O–H groups in total. The van der Waals surface area contributed by atoms with Gasteiger partial charge in [0.2, 0.25) is 5.91 Å². The van der Waals surface area contributed by atoms with Crippen LogP contribution in [0.25, 0.3) is 11.3 Å². The van der Waals surface area contributed by atoms with E-state index in [9.17, 15) is 4.79 Å². The van der Waals surface area contributed by atoms with Crippen LogP contribution in [-0.4, -0.2) is 17.5 Å². The van der Waals surface area contributed by atoms with E-state index in [1.165, 1.54) is 11.3 Å². The molecule has 3 aromatic rings. The lowest BCUT2D eigenvalue weighted by atomic mass is 10.2. The van der Waals surface area contributed by atoms with Crippen molar-refractivity contribution in [1.82, 2.24) is 4.98 Å². The molecule has 0 aliphatic rings. The van der Waals surface area contributed by atoms with Gasteiger partial charge in [0.25, 0.3) is 0 Å². The van der Waals surface area contributed by atoms with E-state index in [1.807, 2.05) is 35.7 Å². The predicted octanol–water partition coefficient (Wildman–Crippen LogP) is 6.02. The van der Waals surface area contributed by atoms with Crippen LogP contribution in [0.5, 0.6) is 5.75 Å². The van der Waals surface area contributed by atoms with Crippen molar-refractivity contribution in [2.24, 2.45) is 0 Å². The van der Waals surface area contributed by atoms with Crippen molar-refractivity contribution in [2.45, 2.75) is 12.8 Å². The highest BCUT2D eigenvalue weighted by Crippen LogP contribution is 2.28. The van der Waals surface area contributed by atoms with Crippen LogP contribution in [-0.2, 0) is 4.79 Å². The molecule has 26 heavy (non-hydrogen) atoms. The van der Waals surface area contributed by atoms with Crippen molar-refractivity contribution >= 4 is 49.9 Å². The molecule has 0 unspecified atom stereocenters. The largest absolute Gasteiger partial charge is 0.492 e. The molecule has 2 aromatic carbocycles. The van der Waals surface area contributed by atoms with Crippen LogP contribution in [0.1, 0.15) is 12.8 Å². The number of nitrogens with one attached hydrogen (secondary N) is 1. The Morgan fingerprint density at radius 2 is 2.04 bits per heavy atom. The first-order valence-electron chi connectivity index (χ1n) is 8.00. The van der Waals surface area contributed by atoms with Crippen LogP contribution in [0.15, 0.2) is 58.4 Å². The Hall–Kier alpha value is -1.89. The first-order valence-corrected chi connectivity index (χ1v) is 10.1. The molecule has 1 aromatic heterocycles. The molecule has 1 amide bonds. The third-order valence-electron chi connectivity index (χ3n) is 3.52. The lowest BCUT2D eigenvalue weighted by molar-refractivity contribution is -0.116. The van der Waals surface area contributed by atoms with Gasteiger partial charge in [-0.15, -0.1) is 11.3 Å². The highest BCUT2D eigenvalue weighted by atomic mass is 79.9. The molecule has 0 fully saturated rings. The zero-order valence-corrected chi connectivity index (χ0v) is 16.9. The number of rotatable bonds is 7. The van der Waals surface area contributed by atoms with Crippen LogP contribution >= 0.6 is 38.9 Å². The van der Waals surface area contributed by atoms with Gasteiger partial charge in [-0.05, 0) is 40.5 Å². The average Bonchev–Trinajstić information content (AvgIpc) is 3.09. The van der Waals surface area contributed by atoms with Crippen molar-refractivity contribution < 1.29 is 9.53 Å². The van der Waals surface area contributed by atoms with Crippen LogP contribution in [0.4, 0.5) is 5.13 Å². The summed E-state index contributed by atoms with van der Waals surface area (Å²) >= 11 is 10.7. The molecule has 4 nitrogen and oxygen atoms in total. The third kappa shape index (κ3) is 5.30. The van der Waals surface area contributed by atoms with Crippen LogP contribution in [0, 0.1) is 0 Å². The molecule has 0 spiro atoms. The second-order valence-electron chi connectivity index (χ2n) is 5.48. The Labute approximate surface area is 169 Å². The molecule has 0 radical (unpaired) electrons. The van der Waals surface area contributed by atoms with Gasteiger partial charge in [0.1, 0.15) is 5.75 Å². The number of carbonyl (C=O) groups is 1. The summed E-state index contributed by atoms with van der Waals surface area (Å²) in [6.45, 7) is 0.445. The minimum atomic E-state index is -0.0715. The van der Waals surface area contributed by atoms with E-state index in [-0.39, 0.29) is 5.91 Å². The van der Waals surface area contributed by atoms with Crippen molar-refractivity contribution in [3.63, 3.8) is 0 Å². The maximum atomic E-state index is 12.1. The van der Waals surface area contributed by atoms with Crippen LogP contribution in [0.3, 0.4) is 0 Å². The fourth-order valence-corrected chi connectivity index (χ4v) is 3.79. The number of anilines is 1. The van der Waals surface area contributed by atoms with Crippen molar-refractivity contribution in [1.29, 1.82) is 0 Å². The molecule has 134 valence electrons. The normalized spacial score (nSPS) is 10.5. The van der Waals surface area contributed by atoms with E-state index in [0.29, 0.717) is 35.4 Å². The number of thiazole rings is 1. The summed E-state index contributed by atoms with van der Waals surface area (Å²) in [5, 5.41) is 6.02. The molecule has 0 bridgehead atoms. The smallest absolute Gasteiger partial charge is 0.226 e. The maximum Gasteiger partial charge on any atom is 0.226 e. The van der Waals surface area contributed by atoms with Crippen LogP contribution in [0.2, 0.25) is 5.02 Å². The number of carbonyl (C=O) groups excluding carboxylic acids is 1. The van der Waals surface area contributed by atoms with Gasteiger partial charge in [0.05, 0.1) is 16.8 Å². The van der Waals surface area contributed by atoms with Gasteiger partial charge < -0.3 is 10.1 Å². The summed E-state index contributed by atoms with van der Waals surface area (Å²) < 4.78 is 6.45. The number of benzene rings is 2. The number of nitrogens with zero attached hydrogens (tertiary/aromatic N) is 1. The third-order valence-corrected chi connectivity index (χ3v) is 5.13. The number of ether oxygens (including phenoxy) is 1. The second-order valence-corrected chi connectivity index (χ2v) is 7.63. The molecule has 0 saturated heterocycles. The fourth-order valence-electron chi connectivity index (χ4n) is 2.26. The van der Waals surface area contributed by atoms with E-state index in [1.54, 1.807) is 18.2 Å². The molecule has 3 rings (SSSR count). The van der Waals surface area contributed by atoms with Gasteiger partial charge >= 0.3 is 0 Å². The Balaban J connectivity index is 1.44. The van der Waals surface area contributed by atoms with E-state index in [0.717, 1.165) is 15.7 Å². The zero-order chi connectivity index (χ0) is 18.4. The number of halogens is 2. The lowest BCUT2D eigenvalue weighted by Crippen LogP contribution is -2.12. The SMILES string of the molecule is O=C(CCCOc1ccc(Cl)cc1Br)Nc1nc(-c2ccccc2)cs1. The van der Waals surface area contributed by atoms with E-state index in [2.05, 4.69) is 26.2 Å². The van der Waals surface area contributed by atoms with Gasteiger partial charge in [-0.3, -0.25) is 4.79 Å². The Morgan fingerprint density at radius 1 is 1.23 bits per heavy atom. The molecule has 0 atom stereocenters. The molecule has 7 heteroatoms. The van der Waals surface area contributed by atoms with Gasteiger partial charge in [-0.25, -0.2) is 4.98 Å². The summed E-state index contributed by atoms with van der Waals surface area (Å²) in [6.07, 6.45) is 0.975. The minimum Gasteiger partial charge on any atom is -0.492 e. The maximum absolute atomic E-state index is 12.1. The molecular weight excluding hydrogens is 436 g/mol. The predicted molar refractivity (Wildman–Crippen MR) is 110 cm³/mol. The zero-order valence-electron chi connectivity index (χ0n) is 13.7. The molecule has 0 saturated carbocycles. The van der Waals surface area contributed by atoms with Gasteiger partial charge in [0, 0.05) is 22.4 Å². The summed E-state index contributed by atoms with van der Waals surface area (Å²) in [6, 6.07) is 15.2. The summed E-state index contributed by atoms with van der Waals surface area (Å²) in [4.78, 5) is 16.5. The highest BCUT2D eigenvalue weighted by molar-refractivity contribution is 9.10. The fraction of sp³-hybridized carbons (Fsp3) is 0.158. The minimum absolute atomic E-state index is 0.0715. The van der Waals surface area contributed by atoms with E-state index < -0.39 is 0 Å². The number of aromatic nitrogens is 1. The number of hydrogen-bond acceptors (Lipinski definition) is 4. The first kappa shape index (κ1) is 18.9. The summed E-state index contributed by atoms with van der Waals surface area (Å²) in [7, 11) is 0. The topological polar surface area (TPSA) is 51.2 Å². The lowest BCUT2D eigenvalue weighted by Gasteiger charge is -2.08. The van der Waals surface area contributed by atoms with Crippen molar-refractivity contribution in [2.75, 3.05) is 11.9 Å². The standard InChI is InChI=1S/C19H16BrClN2O2S/c20-15-11-14(21)8-9-17(15)25-10-4-7-18(24)23-19-22-16(12-26-19)13-5-2-1-3-6-13/h1-3,5-6,8-9,11-12H,4,7,10H2,(H,22,23,24). The Kier molecular flexibility index (Phi) is 6.66. The Morgan fingerprint density at radius 3 is 2.81 bits per heavy atom. The number of hydrogen-bond donors (Lipinski definition) is 1. The summed E-state index contributed by atoms with van der Waals surface area (Å²) in [5.74, 6) is 0.639. The van der Waals surface area contributed by atoms with Crippen molar-refractivity contribution in [3.8, 4) is 17.0 Å². The molecule has 0 aliphatic heterocycles. The van der Waals surface area contributed by atoms with Gasteiger partial charge in [0.15, 0.2) is 5.13 Å². The molecule has 0 aliphatic carbocycles. The number of amides is 1. The van der Waals surface area contributed by atoms with E-state index >= 15 is 0 Å². The van der Waals surface area contributed by atoms with Gasteiger partial charge in [-0.1, -0.05) is 41.9 Å². The highest BCUT2D eigenvalue weighted by Gasteiger charge is 2.08. The first-order chi connectivity index (χ1) is 12.6. The van der Waals surface area contributed by atoms with E-state index in [4.69, 9.17) is 16.3 Å². The van der Waals surface area contributed by atoms with Gasteiger partial charge in [-0.2, -0.15) is 0 Å². The monoisotopic (exact) mass is 450 g/mol.